The maximum atomic E-state index is 12.8. The fraction of sp³-hybridized carbons (Fsp3) is 0.450. The van der Waals surface area contributed by atoms with Gasteiger partial charge in [0.15, 0.2) is 0 Å². The molecular formula is C20H25ClN4O4. The maximum Gasteiger partial charge on any atom is 0.223 e. The molecule has 3 rings (SSSR count). The summed E-state index contributed by atoms with van der Waals surface area (Å²) in [6.45, 7) is 1.12. The molecule has 0 bridgehead atoms. The third-order valence-corrected chi connectivity index (χ3v) is 5.18. The number of amides is 2. The molecule has 1 fully saturated rings. The van der Waals surface area contributed by atoms with Crippen LogP contribution in [0.4, 0.5) is 0 Å². The molecule has 0 radical (unpaired) electrons. The first-order valence-corrected chi connectivity index (χ1v) is 9.80. The first-order valence-electron chi connectivity index (χ1n) is 9.42. The minimum absolute atomic E-state index is 0.00478. The van der Waals surface area contributed by atoms with Crippen LogP contribution < -0.4 is 10.5 Å². The van der Waals surface area contributed by atoms with E-state index in [0.29, 0.717) is 36.8 Å². The van der Waals surface area contributed by atoms with Crippen LogP contribution in [0.1, 0.15) is 18.5 Å². The zero-order chi connectivity index (χ0) is 20.9. The number of hydrogen-bond donors (Lipinski definition) is 1. The lowest BCUT2D eigenvalue weighted by Gasteiger charge is -2.42. The second-order valence-electron chi connectivity index (χ2n) is 7.18. The number of nitrogens with zero attached hydrogens (tertiary/aromatic N) is 3. The monoisotopic (exact) mass is 420 g/mol. The van der Waals surface area contributed by atoms with E-state index in [9.17, 15) is 9.59 Å². The molecule has 1 saturated heterocycles. The van der Waals surface area contributed by atoms with Gasteiger partial charge in [0.05, 0.1) is 19.6 Å². The molecule has 1 atom stereocenters. The van der Waals surface area contributed by atoms with Crippen molar-refractivity contribution in [1.29, 1.82) is 0 Å². The summed E-state index contributed by atoms with van der Waals surface area (Å²) < 4.78 is 13.5. The van der Waals surface area contributed by atoms with E-state index in [1.165, 1.54) is 0 Å². The number of carbonyl (C=O) groups is 2. The summed E-state index contributed by atoms with van der Waals surface area (Å²) in [6.07, 6.45) is 2.62. The Morgan fingerprint density at radius 3 is 2.72 bits per heavy atom. The summed E-state index contributed by atoms with van der Waals surface area (Å²) in [5, 5.41) is 4.72. The van der Waals surface area contributed by atoms with Crippen LogP contribution in [0.3, 0.4) is 0 Å². The highest BCUT2D eigenvalue weighted by Crippen LogP contribution is 2.25. The number of nitrogens with two attached hydrogens (primary N) is 1. The van der Waals surface area contributed by atoms with Gasteiger partial charge in [-0.2, -0.15) is 5.10 Å². The molecule has 0 spiro atoms. The highest BCUT2D eigenvalue weighted by atomic mass is 35.5. The second-order valence-corrected chi connectivity index (χ2v) is 7.62. The molecule has 29 heavy (non-hydrogen) atoms. The number of aromatic nitrogens is 2. The van der Waals surface area contributed by atoms with E-state index in [2.05, 4.69) is 5.10 Å². The van der Waals surface area contributed by atoms with Gasteiger partial charge in [-0.3, -0.25) is 14.3 Å². The predicted octanol–water partition coefficient (Wildman–Crippen LogP) is 1.56. The van der Waals surface area contributed by atoms with Crippen molar-refractivity contribution >= 4 is 23.4 Å². The Kier molecular flexibility index (Phi) is 6.76. The van der Waals surface area contributed by atoms with Gasteiger partial charge in [-0.05, 0) is 36.8 Å². The van der Waals surface area contributed by atoms with E-state index >= 15 is 0 Å². The van der Waals surface area contributed by atoms with Gasteiger partial charge in [0, 0.05) is 36.9 Å². The zero-order valence-electron chi connectivity index (χ0n) is 16.3. The quantitative estimate of drug-likeness (QED) is 0.698. The third kappa shape index (κ3) is 5.71. The molecule has 2 heterocycles. The average Bonchev–Trinajstić information content (AvgIpc) is 3.10. The van der Waals surface area contributed by atoms with Crippen molar-refractivity contribution in [2.45, 2.75) is 24.9 Å². The Hall–Kier alpha value is -2.58. The van der Waals surface area contributed by atoms with Crippen LogP contribution >= 0.6 is 11.6 Å². The summed E-state index contributed by atoms with van der Waals surface area (Å²) in [5.41, 5.74) is 5.46. The minimum atomic E-state index is -0.980. The number of halogens is 1. The molecule has 1 aromatic heterocycles. The lowest BCUT2D eigenvalue weighted by atomic mass is 9.97. The van der Waals surface area contributed by atoms with E-state index in [0.717, 1.165) is 5.69 Å². The molecule has 0 saturated carbocycles. The number of hydrogen-bond acceptors (Lipinski definition) is 5. The molecule has 0 unspecified atom stereocenters. The van der Waals surface area contributed by atoms with Crippen molar-refractivity contribution in [1.82, 2.24) is 14.7 Å². The maximum absolute atomic E-state index is 12.8. The van der Waals surface area contributed by atoms with Crippen LogP contribution in [0, 0.1) is 0 Å². The number of ether oxygens (including phenoxy) is 2. The lowest BCUT2D eigenvalue weighted by Crippen LogP contribution is -2.58. The summed E-state index contributed by atoms with van der Waals surface area (Å²) in [4.78, 5) is 26.2. The Balaban J connectivity index is 1.64. The average molecular weight is 421 g/mol. The minimum Gasteiger partial charge on any atom is -0.490 e. The van der Waals surface area contributed by atoms with Crippen molar-refractivity contribution in [2.24, 2.45) is 12.8 Å². The fourth-order valence-corrected chi connectivity index (χ4v) is 3.53. The van der Waals surface area contributed by atoms with Gasteiger partial charge < -0.3 is 20.1 Å². The Labute approximate surface area is 174 Å². The molecule has 2 N–H and O–H groups in total. The van der Waals surface area contributed by atoms with Crippen molar-refractivity contribution in [3.63, 3.8) is 0 Å². The van der Waals surface area contributed by atoms with Gasteiger partial charge in [-0.15, -0.1) is 0 Å². The van der Waals surface area contributed by atoms with Gasteiger partial charge in [0.2, 0.25) is 11.8 Å². The predicted molar refractivity (Wildman–Crippen MR) is 108 cm³/mol. The van der Waals surface area contributed by atoms with Crippen LogP contribution in [-0.2, 0) is 27.8 Å². The summed E-state index contributed by atoms with van der Waals surface area (Å²) in [5.74, 6) is 0.0882. The van der Waals surface area contributed by atoms with Crippen LogP contribution in [-0.4, -0.2) is 58.4 Å². The Bertz CT molecular complexity index is 854. The molecule has 1 aromatic carbocycles. The van der Waals surface area contributed by atoms with E-state index in [-0.39, 0.29) is 25.5 Å². The zero-order valence-corrected chi connectivity index (χ0v) is 17.1. The Morgan fingerprint density at radius 1 is 1.31 bits per heavy atom. The van der Waals surface area contributed by atoms with E-state index < -0.39 is 11.5 Å². The summed E-state index contributed by atoms with van der Waals surface area (Å²) in [7, 11) is 1.85. The van der Waals surface area contributed by atoms with Gasteiger partial charge in [-0.25, -0.2) is 0 Å². The van der Waals surface area contributed by atoms with Crippen LogP contribution in [0.2, 0.25) is 5.02 Å². The molecular weight excluding hydrogens is 396 g/mol. The van der Waals surface area contributed by atoms with Crippen molar-refractivity contribution in [2.75, 3.05) is 26.3 Å². The number of primary amides is 1. The van der Waals surface area contributed by atoms with Crippen LogP contribution in [0.5, 0.6) is 5.75 Å². The fourth-order valence-electron chi connectivity index (χ4n) is 3.41. The molecule has 9 heteroatoms. The number of benzene rings is 1. The highest BCUT2D eigenvalue weighted by Gasteiger charge is 2.40. The van der Waals surface area contributed by atoms with E-state index in [1.807, 2.05) is 13.1 Å². The number of rotatable bonds is 8. The summed E-state index contributed by atoms with van der Waals surface area (Å²) in [6, 6.07) is 8.80. The van der Waals surface area contributed by atoms with Crippen molar-refractivity contribution < 1.29 is 19.1 Å². The Morgan fingerprint density at radius 2 is 2.07 bits per heavy atom. The highest BCUT2D eigenvalue weighted by molar-refractivity contribution is 6.30. The van der Waals surface area contributed by atoms with Crippen molar-refractivity contribution in [3.05, 3.63) is 47.2 Å². The van der Waals surface area contributed by atoms with Gasteiger partial charge in [0.1, 0.15) is 18.0 Å². The standard InChI is InChI=1S/C20H25ClN4O4/c1-24-16(8-9-23-24)4-7-19(27)25-10-11-29-20(13-25,12-18(22)26)14-28-17-5-2-15(21)3-6-17/h2-3,5-6,8-9H,4,7,10-14H2,1H3,(H2,22,26)/t20-/m1/s1. The molecule has 2 aromatic rings. The molecule has 1 aliphatic heterocycles. The van der Waals surface area contributed by atoms with E-state index in [1.54, 1.807) is 40.0 Å². The third-order valence-electron chi connectivity index (χ3n) is 4.93. The van der Waals surface area contributed by atoms with Crippen LogP contribution in [0.15, 0.2) is 36.5 Å². The largest absolute Gasteiger partial charge is 0.490 e. The van der Waals surface area contributed by atoms with Crippen molar-refractivity contribution in [3.8, 4) is 5.75 Å². The number of carbonyl (C=O) groups excluding carboxylic acids is 2. The normalized spacial score (nSPS) is 19.2. The number of aryl methyl sites for hydroxylation is 2. The first-order chi connectivity index (χ1) is 13.9. The molecule has 2 amide bonds. The first kappa shape index (κ1) is 21.1. The topological polar surface area (TPSA) is 99.7 Å². The second kappa shape index (κ2) is 9.28. The molecule has 1 aliphatic rings. The smallest absolute Gasteiger partial charge is 0.223 e. The van der Waals surface area contributed by atoms with Crippen LogP contribution in [0.25, 0.3) is 0 Å². The van der Waals surface area contributed by atoms with Gasteiger partial charge >= 0.3 is 0 Å². The number of morpholine rings is 1. The molecule has 8 nitrogen and oxygen atoms in total. The summed E-state index contributed by atoms with van der Waals surface area (Å²) >= 11 is 5.90. The molecule has 156 valence electrons. The SMILES string of the molecule is Cn1nccc1CCC(=O)N1CCO[C@](COc2ccc(Cl)cc2)(CC(N)=O)C1. The lowest BCUT2D eigenvalue weighted by molar-refractivity contribution is -0.161. The molecule has 0 aliphatic carbocycles. The van der Waals surface area contributed by atoms with E-state index in [4.69, 9.17) is 26.8 Å². The van der Waals surface area contributed by atoms with Gasteiger partial charge in [-0.1, -0.05) is 11.6 Å². The van der Waals surface area contributed by atoms with Gasteiger partial charge in [0.25, 0.3) is 0 Å².